The topological polar surface area (TPSA) is 56.1 Å². The Morgan fingerprint density at radius 2 is 1.61 bits per heavy atom. The van der Waals surface area contributed by atoms with E-state index in [4.69, 9.17) is 21.4 Å². The third-order valence-corrected chi connectivity index (χ3v) is 9.52. The minimum absolute atomic E-state index is 0.0177. The van der Waals surface area contributed by atoms with Crippen molar-refractivity contribution < 1.29 is 9.53 Å². The van der Waals surface area contributed by atoms with Gasteiger partial charge in [-0.1, -0.05) is 89.5 Å². The lowest BCUT2D eigenvalue weighted by Gasteiger charge is -2.30. The van der Waals surface area contributed by atoms with Gasteiger partial charge in [-0.3, -0.25) is 4.79 Å². The number of para-hydroxylation sites is 1. The minimum atomic E-state index is -0.186. The largest absolute Gasteiger partial charge is 0.493 e. The number of carbonyl (C=O) groups is 1. The van der Waals surface area contributed by atoms with Crippen LogP contribution < -0.4 is 10.1 Å². The van der Waals surface area contributed by atoms with Gasteiger partial charge in [0.1, 0.15) is 11.4 Å². The fourth-order valence-electron chi connectivity index (χ4n) is 5.09. The van der Waals surface area contributed by atoms with Crippen molar-refractivity contribution in [2.45, 2.75) is 91.9 Å². The molecule has 0 radical (unpaired) electrons. The van der Waals surface area contributed by atoms with Gasteiger partial charge in [0.2, 0.25) is 0 Å². The van der Waals surface area contributed by atoms with E-state index in [0.717, 1.165) is 42.7 Å². The van der Waals surface area contributed by atoms with Gasteiger partial charge in [-0.25, -0.2) is 4.68 Å². The molecule has 0 unspecified atom stereocenters. The number of benzene rings is 3. The maximum absolute atomic E-state index is 13.4. The first kappa shape index (κ1) is 33.3. The molecular weight excluding hydrogens is 566 g/mol. The zero-order valence-electron chi connectivity index (χ0n) is 27.7. The minimum Gasteiger partial charge on any atom is -0.493 e. The first-order chi connectivity index (χ1) is 20.9. The van der Waals surface area contributed by atoms with Crippen LogP contribution in [0.15, 0.2) is 66.7 Å². The Morgan fingerprint density at radius 3 is 2.30 bits per heavy atom. The second-order valence-electron chi connectivity index (χ2n) is 13.1. The summed E-state index contributed by atoms with van der Waals surface area (Å²) in [6, 6.07) is 22.2. The number of hydrogen-bond donors (Lipinski definition) is 1. The van der Waals surface area contributed by atoms with E-state index in [0.29, 0.717) is 29.6 Å². The Balaban J connectivity index is 1.42. The molecule has 0 bridgehead atoms. The van der Waals surface area contributed by atoms with Gasteiger partial charge in [-0.15, -0.1) is 0 Å². The van der Waals surface area contributed by atoms with Crippen LogP contribution in [-0.2, 0) is 10.8 Å². The molecule has 1 heterocycles. The summed E-state index contributed by atoms with van der Waals surface area (Å²) in [5.41, 5.74) is 7.94. The van der Waals surface area contributed by atoms with Crippen LogP contribution in [0.4, 0.5) is 0 Å². The molecule has 44 heavy (non-hydrogen) atoms. The van der Waals surface area contributed by atoms with Crippen molar-refractivity contribution in [1.29, 1.82) is 0 Å². The lowest BCUT2D eigenvalue weighted by molar-refractivity contribution is 0.0944. The number of nitrogens with zero attached hydrogens (tertiary/aromatic N) is 2. The van der Waals surface area contributed by atoms with Gasteiger partial charge in [-0.2, -0.15) is 5.10 Å². The first-order valence-corrected chi connectivity index (χ1v) is 16.2. The summed E-state index contributed by atoms with van der Waals surface area (Å²) in [7, 11) is 0. The van der Waals surface area contributed by atoms with E-state index in [1.165, 1.54) is 22.3 Å². The van der Waals surface area contributed by atoms with Crippen molar-refractivity contribution in [2.75, 3.05) is 13.2 Å². The van der Waals surface area contributed by atoms with E-state index in [2.05, 4.69) is 91.0 Å². The van der Waals surface area contributed by atoms with E-state index in [-0.39, 0.29) is 16.7 Å². The third-order valence-electron chi connectivity index (χ3n) is 9.20. The Morgan fingerprint density at radius 1 is 0.886 bits per heavy atom. The highest BCUT2D eigenvalue weighted by Crippen LogP contribution is 2.38. The normalized spacial score (nSPS) is 11.9. The molecule has 0 aliphatic heterocycles. The van der Waals surface area contributed by atoms with Crippen LogP contribution in [0, 0.1) is 13.8 Å². The molecule has 0 saturated heterocycles. The monoisotopic (exact) mass is 613 g/mol. The Kier molecular flexibility index (Phi) is 10.6. The van der Waals surface area contributed by atoms with Gasteiger partial charge >= 0.3 is 0 Å². The summed E-state index contributed by atoms with van der Waals surface area (Å²) in [6.45, 7) is 18.9. The van der Waals surface area contributed by atoms with Crippen LogP contribution in [0.25, 0.3) is 16.9 Å². The maximum atomic E-state index is 13.4. The zero-order valence-corrected chi connectivity index (χ0v) is 28.4. The molecule has 4 aromatic rings. The highest BCUT2D eigenvalue weighted by Gasteiger charge is 2.26. The Hall–Kier alpha value is -3.57. The number of amides is 1. The number of rotatable bonds is 13. The highest BCUT2D eigenvalue weighted by atomic mass is 35.5. The van der Waals surface area contributed by atoms with E-state index >= 15 is 0 Å². The molecule has 3 aromatic carbocycles. The summed E-state index contributed by atoms with van der Waals surface area (Å²) in [6.07, 6.45) is 3.73. The molecule has 6 heteroatoms. The average Bonchev–Trinajstić information content (AvgIpc) is 3.45. The van der Waals surface area contributed by atoms with Crippen molar-refractivity contribution in [3.05, 3.63) is 99.7 Å². The van der Waals surface area contributed by atoms with Gasteiger partial charge < -0.3 is 10.1 Å². The molecule has 1 N–H and O–H groups in total. The summed E-state index contributed by atoms with van der Waals surface area (Å²) < 4.78 is 7.98. The lowest BCUT2D eigenvalue weighted by Crippen LogP contribution is -2.27. The number of halogens is 1. The quantitative estimate of drug-likeness (QED) is 0.153. The molecule has 0 saturated carbocycles. The summed E-state index contributed by atoms with van der Waals surface area (Å²) in [4.78, 5) is 13.4. The van der Waals surface area contributed by atoms with Crippen LogP contribution >= 0.6 is 11.6 Å². The van der Waals surface area contributed by atoms with Gasteiger partial charge in [0.05, 0.1) is 23.0 Å². The van der Waals surface area contributed by atoms with Crippen LogP contribution in [0.1, 0.15) is 100.0 Å². The van der Waals surface area contributed by atoms with Crippen LogP contribution in [0.5, 0.6) is 5.75 Å². The number of unbranched alkanes of at least 4 members (excludes halogenated alkanes) is 1. The van der Waals surface area contributed by atoms with Gasteiger partial charge in [0.25, 0.3) is 5.91 Å². The van der Waals surface area contributed by atoms with Crippen LogP contribution in [0.3, 0.4) is 0 Å². The molecule has 1 aromatic heterocycles. The Labute approximate surface area is 269 Å². The molecule has 234 valence electrons. The molecule has 0 spiro atoms. The van der Waals surface area contributed by atoms with Gasteiger partial charge in [-0.05, 0) is 97.4 Å². The number of hydrogen-bond acceptors (Lipinski definition) is 3. The smallest absolute Gasteiger partial charge is 0.270 e. The number of carbonyl (C=O) groups excluding carboxylic acids is 1. The molecule has 0 fully saturated rings. The molecule has 0 aliphatic carbocycles. The predicted molar refractivity (Wildman–Crippen MR) is 184 cm³/mol. The van der Waals surface area contributed by atoms with Crippen LogP contribution in [-0.4, -0.2) is 28.8 Å². The van der Waals surface area contributed by atoms with Crippen molar-refractivity contribution in [1.82, 2.24) is 15.1 Å². The lowest BCUT2D eigenvalue weighted by atomic mass is 9.76. The molecule has 0 aliphatic rings. The predicted octanol–water partition coefficient (Wildman–Crippen LogP) is 9.77. The first-order valence-electron chi connectivity index (χ1n) is 15.9. The number of ether oxygens (including phenoxy) is 1. The van der Waals surface area contributed by atoms with E-state index < -0.39 is 0 Å². The zero-order chi connectivity index (χ0) is 32.1. The highest BCUT2D eigenvalue weighted by molar-refractivity contribution is 6.32. The summed E-state index contributed by atoms with van der Waals surface area (Å²) in [5.74, 6) is 0.772. The van der Waals surface area contributed by atoms with E-state index in [1.54, 1.807) is 10.7 Å². The average molecular weight is 614 g/mol. The van der Waals surface area contributed by atoms with Gasteiger partial charge in [0.15, 0.2) is 0 Å². The van der Waals surface area contributed by atoms with Crippen molar-refractivity contribution in [3.63, 3.8) is 0 Å². The van der Waals surface area contributed by atoms with Crippen LogP contribution in [0.2, 0.25) is 5.02 Å². The second kappa shape index (κ2) is 14.0. The third kappa shape index (κ3) is 7.55. The fourth-order valence-corrected chi connectivity index (χ4v) is 5.31. The molecular formula is C38H48ClN3O2. The number of nitrogens with one attached hydrogen (secondary N) is 1. The van der Waals surface area contributed by atoms with E-state index in [9.17, 15) is 4.79 Å². The van der Waals surface area contributed by atoms with Crippen molar-refractivity contribution in [3.8, 4) is 22.7 Å². The van der Waals surface area contributed by atoms with Gasteiger partial charge in [0, 0.05) is 17.7 Å². The second-order valence-corrected chi connectivity index (χ2v) is 13.5. The Bertz CT molecular complexity index is 1600. The number of aromatic nitrogens is 2. The standard InChI is InChI=1S/C38H48ClN3O2/c1-9-37(5,6)29-19-20-35(30(24-29)38(7,8)10-2)44-22-14-13-21-40-36(43)34-25-32(28-18-17-26(3)27(4)23-28)41-42(34)33-16-12-11-15-31(33)39/h11-12,15-20,23-25H,9-10,13-14,21-22H2,1-8H3,(H,40,43). The van der Waals surface area contributed by atoms with Crippen molar-refractivity contribution >= 4 is 17.5 Å². The maximum Gasteiger partial charge on any atom is 0.270 e. The fraction of sp³-hybridized carbons (Fsp3) is 0.421. The molecule has 5 nitrogen and oxygen atoms in total. The number of aryl methyl sites for hydroxylation is 2. The summed E-state index contributed by atoms with van der Waals surface area (Å²) in [5, 5.41) is 8.43. The van der Waals surface area contributed by atoms with Crippen molar-refractivity contribution in [2.24, 2.45) is 0 Å². The molecule has 1 amide bonds. The summed E-state index contributed by atoms with van der Waals surface area (Å²) >= 11 is 6.53. The molecule has 0 atom stereocenters. The van der Waals surface area contributed by atoms with E-state index in [1.807, 2.05) is 30.3 Å². The SMILES string of the molecule is CCC(C)(C)c1ccc(OCCCCNC(=O)c2cc(-c3ccc(C)c(C)c3)nn2-c2ccccc2Cl)c(C(C)(C)CC)c1. The molecule has 4 rings (SSSR count).